The van der Waals surface area contributed by atoms with E-state index in [4.69, 9.17) is 0 Å². The van der Waals surface area contributed by atoms with Crippen molar-refractivity contribution in [3.05, 3.63) is 39.4 Å². The van der Waals surface area contributed by atoms with Crippen molar-refractivity contribution in [3.8, 4) is 5.82 Å². The zero-order chi connectivity index (χ0) is 12.4. The first kappa shape index (κ1) is 12.0. The Morgan fingerprint density at radius 3 is 2.76 bits per heavy atom. The van der Waals surface area contributed by atoms with Gasteiger partial charge in [0, 0.05) is 6.20 Å². The average molecular weight is 343 g/mol. The molecule has 88 valence electrons. The number of esters is 1. The molecule has 0 amide bonds. The molecule has 0 unspecified atom stereocenters. The normalized spacial score (nSPS) is 10.3. The predicted octanol–water partition coefficient (Wildman–Crippen LogP) is 1.97. The molecule has 0 atom stereocenters. The molecule has 0 saturated carbocycles. The molecule has 0 aliphatic carbocycles. The van der Waals surface area contributed by atoms with Crippen molar-refractivity contribution in [1.82, 2.24) is 14.8 Å². The summed E-state index contributed by atoms with van der Waals surface area (Å²) in [4.78, 5) is 15.7. The van der Waals surface area contributed by atoms with Crippen molar-refractivity contribution in [2.45, 2.75) is 6.92 Å². The lowest BCUT2D eigenvalue weighted by Gasteiger charge is -2.05. The molecule has 2 heterocycles. The Morgan fingerprint density at radius 2 is 2.24 bits per heavy atom. The number of methoxy groups -OCH3 is 1. The molecule has 6 heteroatoms. The lowest BCUT2D eigenvalue weighted by atomic mass is 10.2. The first-order valence-corrected chi connectivity index (χ1v) is 5.96. The number of aromatic nitrogens is 3. The molecular formula is C11H10IN3O2. The molecule has 2 aromatic heterocycles. The van der Waals surface area contributed by atoms with Crippen molar-refractivity contribution in [2.75, 3.05) is 7.11 Å². The third kappa shape index (κ3) is 2.46. The summed E-state index contributed by atoms with van der Waals surface area (Å²) in [6.07, 6.45) is 3.60. The van der Waals surface area contributed by atoms with Crippen LogP contribution in [-0.4, -0.2) is 27.8 Å². The van der Waals surface area contributed by atoms with E-state index in [1.54, 1.807) is 29.9 Å². The van der Waals surface area contributed by atoms with Crippen molar-refractivity contribution in [2.24, 2.45) is 0 Å². The summed E-state index contributed by atoms with van der Waals surface area (Å²) in [5, 5.41) is 4.15. The van der Waals surface area contributed by atoms with E-state index in [0.29, 0.717) is 17.1 Å². The van der Waals surface area contributed by atoms with E-state index in [1.165, 1.54) is 7.11 Å². The van der Waals surface area contributed by atoms with Gasteiger partial charge >= 0.3 is 5.97 Å². The van der Waals surface area contributed by atoms with Crippen molar-refractivity contribution >= 4 is 28.6 Å². The average Bonchev–Trinajstić information content (AvgIpc) is 2.75. The Kier molecular flexibility index (Phi) is 3.41. The highest BCUT2D eigenvalue weighted by atomic mass is 127. The number of rotatable bonds is 2. The maximum atomic E-state index is 11.4. The van der Waals surface area contributed by atoms with Crippen molar-refractivity contribution < 1.29 is 9.53 Å². The minimum absolute atomic E-state index is 0.378. The fourth-order valence-electron chi connectivity index (χ4n) is 1.43. The summed E-state index contributed by atoms with van der Waals surface area (Å²) in [6.45, 7) is 1.77. The topological polar surface area (TPSA) is 57.0 Å². The zero-order valence-corrected chi connectivity index (χ0v) is 11.5. The Labute approximate surface area is 112 Å². The number of hydrogen-bond donors (Lipinski definition) is 0. The SMILES string of the molecule is COC(=O)c1ccc(-n2cc(I)cn2)nc1C. The van der Waals surface area contributed by atoms with Gasteiger partial charge in [-0.15, -0.1) is 0 Å². The molecule has 0 bridgehead atoms. The van der Waals surface area contributed by atoms with Crippen LogP contribution < -0.4 is 0 Å². The minimum atomic E-state index is -0.378. The van der Waals surface area contributed by atoms with Gasteiger partial charge in [0.05, 0.1) is 28.1 Å². The molecule has 2 rings (SSSR count). The summed E-state index contributed by atoms with van der Waals surface area (Å²) in [6, 6.07) is 3.43. The maximum Gasteiger partial charge on any atom is 0.339 e. The summed E-state index contributed by atoms with van der Waals surface area (Å²) >= 11 is 2.17. The molecule has 0 fully saturated rings. The predicted molar refractivity (Wildman–Crippen MR) is 70.2 cm³/mol. The number of carbonyl (C=O) groups is 1. The number of nitrogens with zero attached hydrogens (tertiary/aromatic N) is 3. The first-order valence-electron chi connectivity index (χ1n) is 4.88. The van der Waals surface area contributed by atoms with Crippen LogP contribution in [0.15, 0.2) is 24.5 Å². The van der Waals surface area contributed by atoms with Gasteiger partial charge in [0.15, 0.2) is 5.82 Å². The van der Waals surface area contributed by atoms with Gasteiger partial charge in [-0.1, -0.05) is 0 Å². The molecule has 0 aliphatic rings. The summed E-state index contributed by atoms with van der Waals surface area (Å²) in [7, 11) is 1.35. The lowest BCUT2D eigenvalue weighted by molar-refractivity contribution is 0.0599. The molecule has 17 heavy (non-hydrogen) atoms. The second kappa shape index (κ2) is 4.82. The lowest BCUT2D eigenvalue weighted by Crippen LogP contribution is -2.07. The van der Waals surface area contributed by atoms with Crippen molar-refractivity contribution in [1.29, 1.82) is 0 Å². The van der Waals surface area contributed by atoms with Gasteiger partial charge in [-0.25, -0.2) is 14.5 Å². The number of aryl methyl sites for hydroxylation is 1. The van der Waals surface area contributed by atoms with Crippen molar-refractivity contribution in [3.63, 3.8) is 0 Å². The van der Waals surface area contributed by atoms with Crippen LogP contribution >= 0.6 is 22.6 Å². The molecule has 0 saturated heterocycles. The van der Waals surface area contributed by atoms with Gasteiger partial charge < -0.3 is 4.74 Å². The molecular weight excluding hydrogens is 333 g/mol. The number of ether oxygens (including phenoxy) is 1. The van der Waals surface area contributed by atoms with Crippen LogP contribution in [0.3, 0.4) is 0 Å². The van der Waals surface area contributed by atoms with Crippen LogP contribution in [0.1, 0.15) is 16.1 Å². The third-order valence-corrected chi connectivity index (χ3v) is 2.82. The highest BCUT2D eigenvalue weighted by molar-refractivity contribution is 14.1. The summed E-state index contributed by atoms with van der Waals surface area (Å²) in [5.74, 6) is 0.301. The number of hydrogen-bond acceptors (Lipinski definition) is 4. The molecule has 0 spiro atoms. The van der Waals surface area contributed by atoms with Crippen LogP contribution in [0.4, 0.5) is 0 Å². The summed E-state index contributed by atoms with van der Waals surface area (Å²) < 4.78 is 7.35. The largest absolute Gasteiger partial charge is 0.465 e. The highest BCUT2D eigenvalue weighted by Crippen LogP contribution is 2.12. The van der Waals surface area contributed by atoms with Crippen LogP contribution in [0.2, 0.25) is 0 Å². The monoisotopic (exact) mass is 343 g/mol. The van der Waals surface area contributed by atoms with E-state index in [2.05, 4.69) is 37.4 Å². The number of carbonyl (C=O) groups excluding carboxylic acids is 1. The Morgan fingerprint density at radius 1 is 1.47 bits per heavy atom. The van der Waals surface area contributed by atoms with E-state index < -0.39 is 0 Å². The van der Waals surface area contributed by atoms with E-state index in [9.17, 15) is 4.79 Å². The maximum absolute atomic E-state index is 11.4. The fraction of sp³-hybridized carbons (Fsp3) is 0.182. The second-order valence-corrected chi connectivity index (χ2v) is 4.64. The second-order valence-electron chi connectivity index (χ2n) is 3.40. The zero-order valence-electron chi connectivity index (χ0n) is 9.35. The summed E-state index contributed by atoms with van der Waals surface area (Å²) in [5.41, 5.74) is 1.10. The third-order valence-electron chi connectivity index (χ3n) is 2.26. The van der Waals surface area contributed by atoms with Crippen LogP contribution in [0.5, 0.6) is 0 Å². The molecule has 5 nitrogen and oxygen atoms in total. The van der Waals surface area contributed by atoms with E-state index >= 15 is 0 Å². The van der Waals surface area contributed by atoms with E-state index in [-0.39, 0.29) is 5.97 Å². The van der Waals surface area contributed by atoms with Gasteiger partial charge in [0.1, 0.15) is 0 Å². The minimum Gasteiger partial charge on any atom is -0.465 e. The molecule has 0 radical (unpaired) electrons. The molecule has 0 N–H and O–H groups in total. The quantitative estimate of drug-likeness (QED) is 0.618. The Balaban J connectivity index is 2.40. The van der Waals surface area contributed by atoms with Gasteiger partial charge in [0.2, 0.25) is 0 Å². The van der Waals surface area contributed by atoms with E-state index in [0.717, 1.165) is 3.57 Å². The number of pyridine rings is 1. The molecule has 0 aliphatic heterocycles. The molecule has 0 aromatic carbocycles. The fourth-order valence-corrected chi connectivity index (χ4v) is 1.82. The van der Waals surface area contributed by atoms with Gasteiger partial charge in [-0.2, -0.15) is 5.10 Å². The van der Waals surface area contributed by atoms with Crippen LogP contribution in [-0.2, 0) is 4.74 Å². The Bertz CT molecular complexity index is 566. The standard InChI is InChI=1S/C11H10IN3O2/c1-7-9(11(16)17-2)3-4-10(14-7)15-6-8(12)5-13-15/h3-6H,1-2H3. The first-order chi connectivity index (χ1) is 8.11. The van der Waals surface area contributed by atoms with Crippen LogP contribution in [0.25, 0.3) is 5.82 Å². The smallest absolute Gasteiger partial charge is 0.339 e. The van der Waals surface area contributed by atoms with Gasteiger partial charge in [-0.3, -0.25) is 0 Å². The Hall–Kier alpha value is -1.44. The van der Waals surface area contributed by atoms with E-state index in [1.807, 2.05) is 6.20 Å². The highest BCUT2D eigenvalue weighted by Gasteiger charge is 2.11. The van der Waals surface area contributed by atoms with Crippen LogP contribution in [0, 0.1) is 10.5 Å². The van der Waals surface area contributed by atoms with Gasteiger partial charge in [-0.05, 0) is 41.6 Å². The van der Waals surface area contributed by atoms with Gasteiger partial charge in [0.25, 0.3) is 0 Å². The molecule has 2 aromatic rings. The number of halogens is 1.